The number of thiophene rings is 1. The fraction of sp³-hybridized carbons (Fsp3) is 0. The molecule has 0 atom stereocenters. The van der Waals surface area contributed by atoms with Crippen LogP contribution in [-0.2, 0) is 0 Å². The van der Waals surface area contributed by atoms with Gasteiger partial charge in [0.15, 0.2) is 0 Å². The van der Waals surface area contributed by atoms with Gasteiger partial charge in [0, 0.05) is 58.7 Å². The van der Waals surface area contributed by atoms with Gasteiger partial charge in [0.05, 0.1) is 22.1 Å². The molecule has 3 heterocycles. The summed E-state index contributed by atoms with van der Waals surface area (Å²) in [7, 11) is 0. The maximum absolute atomic E-state index is 2.48. The average molecular weight is 717 g/mol. The Morgan fingerprint density at radius 2 is 0.873 bits per heavy atom. The van der Waals surface area contributed by atoms with Gasteiger partial charge in [-0.2, -0.15) is 0 Å². The fourth-order valence-electron chi connectivity index (χ4n) is 9.18. The minimum Gasteiger partial charge on any atom is -0.309 e. The summed E-state index contributed by atoms with van der Waals surface area (Å²) in [5.74, 6) is 0. The molecule has 0 saturated heterocycles. The summed E-state index contributed by atoms with van der Waals surface area (Å²) < 4.78 is 7.60. The van der Waals surface area contributed by atoms with E-state index in [4.69, 9.17) is 0 Å². The lowest BCUT2D eigenvalue weighted by molar-refractivity contribution is 1.16. The summed E-state index contributed by atoms with van der Waals surface area (Å²) in [5, 5.41) is 10.2. The molecule has 0 aliphatic carbocycles. The number of aromatic nitrogens is 2. The van der Waals surface area contributed by atoms with E-state index < -0.39 is 0 Å². The highest BCUT2D eigenvalue weighted by molar-refractivity contribution is 7.26. The van der Waals surface area contributed by atoms with Gasteiger partial charge in [-0.25, -0.2) is 0 Å². The Balaban J connectivity index is 1.20. The molecule has 0 bridgehead atoms. The second-order valence-corrected chi connectivity index (χ2v) is 15.5. The molecular weight excluding hydrogens is 685 g/mol. The van der Waals surface area contributed by atoms with E-state index in [2.05, 4.69) is 203 Å². The Labute approximate surface area is 321 Å². The molecule has 0 unspecified atom stereocenters. The predicted octanol–water partition coefficient (Wildman–Crippen LogP) is 14.7. The Morgan fingerprint density at radius 3 is 1.60 bits per heavy atom. The Bertz CT molecular complexity index is 3470. The topological polar surface area (TPSA) is 9.86 Å². The van der Waals surface area contributed by atoms with Gasteiger partial charge in [-0.1, -0.05) is 146 Å². The fourth-order valence-corrected chi connectivity index (χ4v) is 10.4. The second-order valence-electron chi connectivity index (χ2n) is 14.4. The van der Waals surface area contributed by atoms with Crippen LogP contribution in [-0.4, -0.2) is 9.13 Å². The standard InChI is InChI=1S/C52H32N2S/c1-2-16-35(17-3-1)53-44-25-9-6-20-42(44)49-46(53)32-47-50(51(49)40-23-12-15-33-14-4-5-18-37(33)40)43-21-7-10-26-45(43)54(47)36-30-28-34(29-31-36)38-22-13-24-41-39-19-8-11-27-48(39)55-52(38)41/h1-32H. The van der Waals surface area contributed by atoms with Crippen LogP contribution in [0.1, 0.15) is 0 Å². The molecule has 12 aromatic rings. The van der Waals surface area contributed by atoms with Crippen LogP contribution in [0.15, 0.2) is 194 Å². The van der Waals surface area contributed by atoms with Crippen LogP contribution >= 0.6 is 11.3 Å². The van der Waals surface area contributed by atoms with E-state index >= 15 is 0 Å². The molecule has 3 aromatic heterocycles. The molecule has 0 aliphatic heterocycles. The van der Waals surface area contributed by atoms with Crippen LogP contribution in [0.3, 0.4) is 0 Å². The molecule has 55 heavy (non-hydrogen) atoms. The second kappa shape index (κ2) is 11.8. The normalized spacial score (nSPS) is 12.0. The van der Waals surface area contributed by atoms with Crippen molar-refractivity contribution < 1.29 is 0 Å². The zero-order valence-electron chi connectivity index (χ0n) is 29.8. The summed E-state index contributed by atoms with van der Waals surface area (Å²) in [6.07, 6.45) is 0. The smallest absolute Gasteiger partial charge is 0.0568 e. The monoisotopic (exact) mass is 716 g/mol. The minimum absolute atomic E-state index is 1.14. The first-order valence-corrected chi connectivity index (χ1v) is 19.7. The van der Waals surface area contributed by atoms with Gasteiger partial charge >= 0.3 is 0 Å². The van der Waals surface area contributed by atoms with Crippen LogP contribution in [0.5, 0.6) is 0 Å². The van der Waals surface area contributed by atoms with Crippen molar-refractivity contribution in [2.24, 2.45) is 0 Å². The largest absolute Gasteiger partial charge is 0.309 e. The zero-order valence-corrected chi connectivity index (χ0v) is 30.6. The van der Waals surface area contributed by atoms with E-state index in [1.54, 1.807) is 0 Å². The van der Waals surface area contributed by atoms with Crippen molar-refractivity contribution in [1.82, 2.24) is 9.13 Å². The molecule has 0 amide bonds. The molecule has 0 aliphatic rings. The van der Waals surface area contributed by atoms with Crippen LogP contribution in [0.25, 0.3) is 108 Å². The average Bonchev–Trinajstić information content (AvgIpc) is 3.91. The molecule has 12 rings (SSSR count). The van der Waals surface area contributed by atoms with Crippen molar-refractivity contribution in [2.45, 2.75) is 0 Å². The van der Waals surface area contributed by atoms with Crippen molar-refractivity contribution in [2.75, 3.05) is 0 Å². The van der Waals surface area contributed by atoms with Gasteiger partial charge in [-0.05, 0) is 76.0 Å². The Hall–Kier alpha value is -6.94. The Kier molecular flexibility index (Phi) is 6.54. The maximum atomic E-state index is 2.48. The third kappa shape index (κ3) is 4.42. The first-order chi connectivity index (χ1) is 27.3. The zero-order chi connectivity index (χ0) is 36.0. The molecular formula is C52H32N2S. The van der Waals surface area contributed by atoms with E-state index in [9.17, 15) is 0 Å². The van der Waals surface area contributed by atoms with Crippen LogP contribution in [0.4, 0.5) is 0 Å². The van der Waals surface area contributed by atoms with Crippen molar-refractivity contribution >= 4 is 85.9 Å². The number of benzene rings is 9. The molecule has 2 nitrogen and oxygen atoms in total. The number of para-hydroxylation sites is 3. The van der Waals surface area contributed by atoms with Crippen LogP contribution < -0.4 is 0 Å². The lowest BCUT2D eigenvalue weighted by Crippen LogP contribution is -1.96. The van der Waals surface area contributed by atoms with E-state index in [1.807, 2.05) is 11.3 Å². The van der Waals surface area contributed by atoms with Gasteiger partial charge < -0.3 is 9.13 Å². The summed E-state index contributed by atoms with van der Waals surface area (Å²) in [6, 6.07) is 71.4. The van der Waals surface area contributed by atoms with Crippen LogP contribution in [0.2, 0.25) is 0 Å². The first-order valence-electron chi connectivity index (χ1n) is 18.9. The number of hydrogen-bond donors (Lipinski definition) is 0. The van der Waals surface area contributed by atoms with Crippen molar-refractivity contribution in [1.29, 1.82) is 0 Å². The van der Waals surface area contributed by atoms with Gasteiger partial charge in [0.1, 0.15) is 0 Å². The van der Waals surface area contributed by atoms with Gasteiger partial charge in [0.2, 0.25) is 0 Å². The highest BCUT2D eigenvalue weighted by Crippen LogP contribution is 2.48. The molecule has 0 N–H and O–H groups in total. The molecule has 9 aromatic carbocycles. The highest BCUT2D eigenvalue weighted by Gasteiger charge is 2.25. The van der Waals surface area contributed by atoms with Crippen molar-refractivity contribution in [3.05, 3.63) is 194 Å². The van der Waals surface area contributed by atoms with Crippen molar-refractivity contribution in [3.63, 3.8) is 0 Å². The van der Waals surface area contributed by atoms with Crippen LogP contribution in [0, 0.1) is 0 Å². The molecule has 0 radical (unpaired) electrons. The first kappa shape index (κ1) is 30.5. The highest BCUT2D eigenvalue weighted by atomic mass is 32.1. The van der Waals surface area contributed by atoms with E-state index in [0.29, 0.717) is 0 Å². The van der Waals surface area contributed by atoms with Gasteiger partial charge in [0.25, 0.3) is 0 Å². The molecule has 3 heteroatoms. The number of hydrogen-bond acceptors (Lipinski definition) is 1. The Morgan fingerprint density at radius 1 is 0.345 bits per heavy atom. The molecule has 0 fully saturated rings. The lowest BCUT2D eigenvalue weighted by atomic mass is 9.91. The summed E-state index contributed by atoms with van der Waals surface area (Å²) in [6.45, 7) is 0. The molecule has 256 valence electrons. The third-order valence-corrected chi connectivity index (χ3v) is 12.7. The van der Waals surface area contributed by atoms with E-state index in [0.717, 1.165) is 11.4 Å². The molecule has 0 saturated carbocycles. The lowest BCUT2D eigenvalue weighted by Gasteiger charge is -2.14. The summed E-state index contributed by atoms with van der Waals surface area (Å²) in [4.78, 5) is 0. The van der Waals surface area contributed by atoms with Gasteiger partial charge in [-0.15, -0.1) is 11.3 Å². The summed E-state index contributed by atoms with van der Waals surface area (Å²) in [5.41, 5.74) is 12.1. The summed E-state index contributed by atoms with van der Waals surface area (Å²) >= 11 is 1.88. The number of rotatable bonds is 4. The number of nitrogens with zero attached hydrogens (tertiary/aromatic N) is 2. The number of fused-ring (bicyclic) bond motifs is 10. The third-order valence-electron chi connectivity index (χ3n) is 11.5. The SMILES string of the molecule is c1ccc(-n2c3ccccc3c3c(-c4cccc5ccccc45)c4c5ccccc5n(-c5ccc(-c6cccc7c6sc6ccccc67)cc5)c4cc32)cc1. The van der Waals surface area contributed by atoms with Crippen molar-refractivity contribution in [3.8, 4) is 33.6 Å². The molecule has 0 spiro atoms. The van der Waals surface area contributed by atoms with E-state index in [-0.39, 0.29) is 0 Å². The van der Waals surface area contributed by atoms with Gasteiger partial charge in [-0.3, -0.25) is 0 Å². The van der Waals surface area contributed by atoms with E-state index in [1.165, 1.54) is 96.8 Å². The quantitative estimate of drug-likeness (QED) is 0.172. The maximum Gasteiger partial charge on any atom is 0.0568 e. The minimum atomic E-state index is 1.14. The predicted molar refractivity (Wildman–Crippen MR) is 236 cm³/mol.